The van der Waals surface area contributed by atoms with Gasteiger partial charge in [0, 0.05) is 49.4 Å². The van der Waals surface area contributed by atoms with Crippen molar-refractivity contribution in [2.24, 2.45) is 0 Å². The van der Waals surface area contributed by atoms with E-state index < -0.39 is 0 Å². The highest BCUT2D eigenvalue weighted by molar-refractivity contribution is 5.94. The van der Waals surface area contributed by atoms with Crippen LogP contribution in [0.5, 0.6) is 0 Å². The molecule has 1 aliphatic rings. The molecule has 1 aromatic heterocycles. The fourth-order valence-corrected chi connectivity index (χ4v) is 3.01. The van der Waals surface area contributed by atoms with Crippen LogP contribution in [0.3, 0.4) is 0 Å². The van der Waals surface area contributed by atoms with E-state index in [0.717, 1.165) is 36.0 Å². The van der Waals surface area contributed by atoms with Gasteiger partial charge in [-0.05, 0) is 26.0 Å². The standard InChI is InChI=1S/C20H26N4O/c1-14(2)19-21-16(4)13-18(22-19)23-9-11-24(12-10-23)20(25)17-7-5-15(3)6-8-17/h5-8,13-14H,9-12H2,1-4H3. The zero-order valence-electron chi connectivity index (χ0n) is 15.5. The quantitative estimate of drug-likeness (QED) is 0.862. The molecule has 0 bridgehead atoms. The second-order valence-corrected chi connectivity index (χ2v) is 7.03. The summed E-state index contributed by atoms with van der Waals surface area (Å²) in [4.78, 5) is 26.0. The van der Waals surface area contributed by atoms with Gasteiger partial charge in [-0.3, -0.25) is 4.79 Å². The number of amides is 1. The monoisotopic (exact) mass is 338 g/mol. The third kappa shape index (κ3) is 3.98. The Morgan fingerprint density at radius 2 is 1.64 bits per heavy atom. The zero-order valence-corrected chi connectivity index (χ0v) is 15.5. The van der Waals surface area contributed by atoms with Crippen LogP contribution >= 0.6 is 0 Å². The lowest BCUT2D eigenvalue weighted by molar-refractivity contribution is 0.0746. The maximum absolute atomic E-state index is 12.6. The summed E-state index contributed by atoms with van der Waals surface area (Å²) in [6, 6.07) is 9.82. The molecule has 25 heavy (non-hydrogen) atoms. The summed E-state index contributed by atoms with van der Waals surface area (Å²) in [5, 5.41) is 0. The van der Waals surface area contributed by atoms with E-state index >= 15 is 0 Å². The second kappa shape index (κ2) is 7.21. The molecule has 0 aliphatic carbocycles. The van der Waals surface area contributed by atoms with Crippen LogP contribution in [0.25, 0.3) is 0 Å². The Kier molecular flexibility index (Phi) is 5.02. The van der Waals surface area contributed by atoms with Crippen LogP contribution in [0.4, 0.5) is 5.82 Å². The summed E-state index contributed by atoms with van der Waals surface area (Å²) in [6.07, 6.45) is 0. The topological polar surface area (TPSA) is 49.3 Å². The number of anilines is 1. The minimum Gasteiger partial charge on any atom is -0.353 e. The average Bonchev–Trinajstić information content (AvgIpc) is 2.61. The molecular weight excluding hydrogens is 312 g/mol. The summed E-state index contributed by atoms with van der Waals surface area (Å²) in [7, 11) is 0. The molecule has 3 rings (SSSR count). The van der Waals surface area contributed by atoms with E-state index in [4.69, 9.17) is 4.98 Å². The van der Waals surface area contributed by atoms with Crippen molar-refractivity contribution in [3.8, 4) is 0 Å². The smallest absolute Gasteiger partial charge is 0.253 e. The minimum atomic E-state index is 0.112. The van der Waals surface area contributed by atoms with Crippen LogP contribution in [-0.2, 0) is 0 Å². The molecule has 1 fully saturated rings. The van der Waals surface area contributed by atoms with E-state index in [1.807, 2.05) is 49.1 Å². The fraction of sp³-hybridized carbons (Fsp3) is 0.450. The number of hydrogen-bond donors (Lipinski definition) is 0. The van der Waals surface area contributed by atoms with Gasteiger partial charge >= 0.3 is 0 Å². The maximum Gasteiger partial charge on any atom is 0.253 e. The molecule has 0 saturated carbocycles. The summed E-state index contributed by atoms with van der Waals surface area (Å²) >= 11 is 0. The normalized spacial score (nSPS) is 14.9. The summed E-state index contributed by atoms with van der Waals surface area (Å²) < 4.78 is 0. The number of nitrogens with zero attached hydrogens (tertiary/aromatic N) is 4. The number of piperazine rings is 1. The van der Waals surface area contributed by atoms with Crippen molar-refractivity contribution in [3.63, 3.8) is 0 Å². The largest absolute Gasteiger partial charge is 0.353 e. The number of aryl methyl sites for hydroxylation is 2. The second-order valence-electron chi connectivity index (χ2n) is 7.03. The first-order valence-corrected chi connectivity index (χ1v) is 8.90. The third-order valence-electron chi connectivity index (χ3n) is 4.56. The van der Waals surface area contributed by atoms with Crippen molar-refractivity contribution in [1.82, 2.24) is 14.9 Å². The lowest BCUT2D eigenvalue weighted by Crippen LogP contribution is -2.49. The van der Waals surface area contributed by atoms with E-state index in [9.17, 15) is 4.79 Å². The van der Waals surface area contributed by atoms with Crippen LogP contribution in [0, 0.1) is 13.8 Å². The maximum atomic E-state index is 12.6. The van der Waals surface area contributed by atoms with Crippen molar-refractivity contribution < 1.29 is 4.79 Å². The van der Waals surface area contributed by atoms with E-state index in [-0.39, 0.29) is 5.91 Å². The van der Waals surface area contributed by atoms with Crippen LogP contribution in [0.2, 0.25) is 0 Å². The van der Waals surface area contributed by atoms with E-state index in [1.165, 1.54) is 5.56 Å². The Labute approximate surface area is 149 Å². The van der Waals surface area contributed by atoms with E-state index in [1.54, 1.807) is 0 Å². The van der Waals surface area contributed by atoms with Crippen LogP contribution in [0.15, 0.2) is 30.3 Å². The van der Waals surface area contributed by atoms with E-state index in [0.29, 0.717) is 19.0 Å². The van der Waals surface area contributed by atoms with Gasteiger partial charge in [0.25, 0.3) is 5.91 Å². The first-order chi connectivity index (χ1) is 11.9. The van der Waals surface area contributed by atoms with Gasteiger partial charge in [0.2, 0.25) is 0 Å². The molecular formula is C20H26N4O. The third-order valence-corrected chi connectivity index (χ3v) is 4.56. The molecule has 132 valence electrons. The first-order valence-electron chi connectivity index (χ1n) is 8.90. The van der Waals surface area contributed by atoms with Gasteiger partial charge in [-0.2, -0.15) is 0 Å². The molecule has 0 radical (unpaired) electrons. The molecule has 0 spiro atoms. The van der Waals surface area contributed by atoms with Crippen LogP contribution < -0.4 is 4.90 Å². The Morgan fingerprint density at radius 3 is 2.24 bits per heavy atom. The predicted octanol–water partition coefficient (Wildman–Crippen LogP) is 3.18. The molecule has 1 aliphatic heterocycles. The lowest BCUT2D eigenvalue weighted by atomic mass is 10.1. The number of aromatic nitrogens is 2. The average molecular weight is 338 g/mol. The minimum absolute atomic E-state index is 0.112. The van der Waals surface area contributed by atoms with Gasteiger partial charge in [-0.15, -0.1) is 0 Å². The Morgan fingerprint density at radius 1 is 1.00 bits per heavy atom. The van der Waals surface area contributed by atoms with Crippen LogP contribution in [0.1, 0.15) is 47.2 Å². The van der Waals surface area contributed by atoms with Gasteiger partial charge in [-0.25, -0.2) is 9.97 Å². The van der Waals surface area contributed by atoms with Gasteiger partial charge in [0.05, 0.1) is 0 Å². The molecule has 1 aromatic carbocycles. The molecule has 0 N–H and O–H groups in total. The first kappa shape index (κ1) is 17.4. The summed E-state index contributed by atoms with van der Waals surface area (Å²) in [5.41, 5.74) is 2.92. The molecule has 1 amide bonds. The summed E-state index contributed by atoms with van der Waals surface area (Å²) in [6.45, 7) is 11.3. The number of rotatable bonds is 3. The number of carbonyl (C=O) groups excluding carboxylic acids is 1. The molecule has 1 saturated heterocycles. The van der Waals surface area contributed by atoms with Crippen molar-refractivity contribution in [1.29, 1.82) is 0 Å². The number of benzene rings is 1. The van der Waals surface area contributed by atoms with Gasteiger partial charge in [-0.1, -0.05) is 31.5 Å². The lowest BCUT2D eigenvalue weighted by Gasteiger charge is -2.35. The molecule has 5 nitrogen and oxygen atoms in total. The van der Waals surface area contributed by atoms with E-state index in [2.05, 4.69) is 23.7 Å². The Bertz CT molecular complexity index is 747. The Hall–Kier alpha value is -2.43. The molecule has 0 atom stereocenters. The molecule has 2 heterocycles. The summed E-state index contributed by atoms with van der Waals surface area (Å²) in [5.74, 6) is 2.27. The van der Waals surface area contributed by atoms with Crippen molar-refractivity contribution >= 4 is 11.7 Å². The van der Waals surface area contributed by atoms with Crippen molar-refractivity contribution in [3.05, 3.63) is 53.0 Å². The molecule has 2 aromatic rings. The Balaban J connectivity index is 1.67. The van der Waals surface area contributed by atoms with Gasteiger partial charge < -0.3 is 9.80 Å². The number of carbonyl (C=O) groups is 1. The highest BCUT2D eigenvalue weighted by Gasteiger charge is 2.23. The van der Waals surface area contributed by atoms with Crippen LogP contribution in [-0.4, -0.2) is 47.0 Å². The van der Waals surface area contributed by atoms with Crippen molar-refractivity contribution in [2.45, 2.75) is 33.6 Å². The highest BCUT2D eigenvalue weighted by Crippen LogP contribution is 2.19. The zero-order chi connectivity index (χ0) is 18.0. The number of hydrogen-bond acceptors (Lipinski definition) is 4. The SMILES string of the molecule is Cc1ccc(C(=O)N2CCN(c3cc(C)nc(C(C)C)n3)CC2)cc1. The highest BCUT2D eigenvalue weighted by atomic mass is 16.2. The molecule has 0 unspecified atom stereocenters. The molecule has 5 heteroatoms. The predicted molar refractivity (Wildman–Crippen MR) is 100 cm³/mol. The van der Waals surface area contributed by atoms with Crippen molar-refractivity contribution in [2.75, 3.05) is 31.1 Å². The van der Waals surface area contributed by atoms with Gasteiger partial charge in [0.1, 0.15) is 11.6 Å². The fourth-order valence-electron chi connectivity index (χ4n) is 3.01. The van der Waals surface area contributed by atoms with Gasteiger partial charge in [0.15, 0.2) is 0 Å².